The molecule has 2 heterocycles. The molecule has 0 aromatic carbocycles. The molecule has 20 heavy (non-hydrogen) atoms. The predicted octanol–water partition coefficient (Wildman–Crippen LogP) is 2.72. The standard InChI is InChI=1S/C16H24N2O2/c1-2-14(15-4-3-11-20-15)17-13-7-9-18(10-8-13)16(19)12-5-6-12/h3-4,11-14,17H,2,5-10H2,1H3. The minimum absolute atomic E-state index is 0.292. The van der Waals surface area contributed by atoms with Gasteiger partial charge in [0, 0.05) is 25.0 Å². The third kappa shape index (κ3) is 3.06. The van der Waals surface area contributed by atoms with Crippen LogP contribution in [0.15, 0.2) is 22.8 Å². The van der Waals surface area contributed by atoms with E-state index in [1.165, 1.54) is 0 Å². The quantitative estimate of drug-likeness (QED) is 0.899. The normalized spacial score (nSPS) is 21.9. The van der Waals surface area contributed by atoms with Gasteiger partial charge in [0.25, 0.3) is 0 Å². The first-order valence-electron chi connectivity index (χ1n) is 7.86. The number of rotatable bonds is 5. The van der Waals surface area contributed by atoms with Crippen LogP contribution in [-0.2, 0) is 4.79 Å². The molecule has 4 nitrogen and oxygen atoms in total. The van der Waals surface area contributed by atoms with Gasteiger partial charge in [-0.25, -0.2) is 0 Å². The van der Waals surface area contributed by atoms with Gasteiger partial charge in [0.15, 0.2) is 0 Å². The van der Waals surface area contributed by atoms with Crippen LogP contribution < -0.4 is 5.32 Å². The number of carbonyl (C=O) groups is 1. The second-order valence-corrected chi connectivity index (χ2v) is 6.02. The number of nitrogens with one attached hydrogen (secondary N) is 1. The molecule has 1 amide bonds. The molecule has 1 saturated carbocycles. The van der Waals surface area contributed by atoms with Crippen molar-refractivity contribution >= 4 is 5.91 Å². The van der Waals surface area contributed by atoms with Gasteiger partial charge in [-0.2, -0.15) is 0 Å². The van der Waals surface area contributed by atoms with Gasteiger partial charge in [-0.15, -0.1) is 0 Å². The maximum atomic E-state index is 12.0. The van der Waals surface area contributed by atoms with Crippen LogP contribution in [0.3, 0.4) is 0 Å². The van der Waals surface area contributed by atoms with Crippen molar-refractivity contribution in [2.45, 2.75) is 51.1 Å². The molecule has 3 rings (SSSR count). The summed E-state index contributed by atoms with van der Waals surface area (Å²) in [5.41, 5.74) is 0. The number of hydrogen-bond donors (Lipinski definition) is 1. The molecule has 2 fully saturated rings. The summed E-state index contributed by atoms with van der Waals surface area (Å²) in [4.78, 5) is 14.1. The van der Waals surface area contributed by atoms with E-state index in [4.69, 9.17) is 4.42 Å². The Kier molecular flexibility index (Phi) is 4.10. The third-order valence-corrected chi connectivity index (χ3v) is 4.46. The van der Waals surface area contributed by atoms with Crippen LogP contribution in [0.2, 0.25) is 0 Å². The Morgan fingerprint density at radius 3 is 2.70 bits per heavy atom. The summed E-state index contributed by atoms with van der Waals surface area (Å²) in [5.74, 6) is 1.76. The highest BCUT2D eigenvalue weighted by atomic mass is 16.3. The van der Waals surface area contributed by atoms with E-state index in [1.807, 2.05) is 12.1 Å². The first kappa shape index (κ1) is 13.7. The lowest BCUT2D eigenvalue weighted by Gasteiger charge is -2.34. The fourth-order valence-corrected chi connectivity index (χ4v) is 3.03. The van der Waals surface area contributed by atoms with Crippen molar-refractivity contribution in [3.8, 4) is 0 Å². The number of nitrogens with zero attached hydrogens (tertiary/aromatic N) is 1. The van der Waals surface area contributed by atoms with Crippen molar-refractivity contribution in [3.63, 3.8) is 0 Å². The lowest BCUT2D eigenvalue weighted by molar-refractivity contribution is -0.133. The van der Waals surface area contributed by atoms with E-state index in [-0.39, 0.29) is 0 Å². The van der Waals surface area contributed by atoms with E-state index < -0.39 is 0 Å². The minimum Gasteiger partial charge on any atom is -0.468 e. The third-order valence-electron chi connectivity index (χ3n) is 4.46. The molecule has 4 heteroatoms. The summed E-state index contributed by atoms with van der Waals surface area (Å²) in [5, 5.41) is 3.68. The smallest absolute Gasteiger partial charge is 0.225 e. The highest BCUT2D eigenvalue weighted by molar-refractivity contribution is 5.81. The number of amides is 1. The summed E-state index contributed by atoms with van der Waals surface area (Å²) in [6, 6.07) is 4.76. The zero-order valence-electron chi connectivity index (χ0n) is 12.2. The van der Waals surface area contributed by atoms with Gasteiger partial charge < -0.3 is 14.6 Å². The first-order valence-corrected chi connectivity index (χ1v) is 7.86. The molecule has 1 aromatic rings. The van der Waals surface area contributed by atoms with Gasteiger partial charge in [0.05, 0.1) is 12.3 Å². The number of furan rings is 1. The molecule has 1 unspecified atom stereocenters. The molecule has 0 bridgehead atoms. The average Bonchev–Trinajstić information content (AvgIpc) is 3.20. The molecule has 110 valence electrons. The van der Waals surface area contributed by atoms with E-state index in [2.05, 4.69) is 17.1 Å². The van der Waals surface area contributed by atoms with Gasteiger partial charge >= 0.3 is 0 Å². The number of likely N-dealkylation sites (tertiary alicyclic amines) is 1. The molecule has 1 N–H and O–H groups in total. The van der Waals surface area contributed by atoms with Crippen LogP contribution >= 0.6 is 0 Å². The van der Waals surface area contributed by atoms with Crippen molar-refractivity contribution < 1.29 is 9.21 Å². The SMILES string of the molecule is CCC(NC1CCN(C(=O)C2CC2)CC1)c1ccco1. The molecule has 1 aliphatic carbocycles. The highest BCUT2D eigenvalue weighted by Gasteiger charge is 2.35. The van der Waals surface area contributed by atoms with E-state index in [0.29, 0.717) is 23.9 Å². The van der Waals surface area contributed by atoms with Crippen LogP contribution in [-0.4, -0.2) is 29.9 Å². The second-order valence-electron chi connectivity index (χ2n) is 6.02. The van der Waals surface area contributed by atoms with Crippen molar-refractivity contribution in [1.29, 1.82) is 0 Å². The van der Waals surface area contributed by atoms with Gasteiger partial charge in [-0.05, 0) is 44.2 Å². The molecule has 1 aromatic heterocycles. The van der Waals surface area contributed by atoms with E-state index in [0.717, 1.165) is 51.0 Å². The van der Waals surface area contributed by atoms with Crippen LogP contribution in [0.25, 0.3) is 0 Å². The van der Waals surface area contributed by atoms with Crippen molar-refractivity contribution in [2.24, 2.45) is 5.92 Å². The fourth-order valence-electron chi connectivity index (χ4n) is 3.03. The highest BCUT2D eigenvalue weighted by Crippen LogP contribution is 2.32. The molecular formula is C16H24N2O2. The summed E-state index contributed by atoms with van der Waals surface area (Å²) in [6.07, 6.45) is 7.07. The molecule has 2 aliphatic rings. The van der Waals surface area contributed by atoms with Gasteiger partial charge in [0.1, 0.15) is 5.76 Å². The van der Waals surface area contributed by atoms with Crippen molar-refractivity contribution in [1.82, 2.24) is 10.2 Å². The van der Waals surface area contributed by atoms with Crippen LogP contribution in [0, 0.1) is 5.92 Å². The topological polar surface area (TPSA) is 45.5 Å². The summed E-state index contributed by atoms with van der Waals surface area (Å²) in [6.45, 7) is 3.98. The number of carbonyl (C=O) groups excluding carboxylic acids is 1. The Hall–Kier alpha value is -1.29. The Balaban J connectivity index is 1.49. The molecule has 1 aliphatic heterocycles. The average molecular weight is 276 g/mol. The molecule has 0 radical (unpaired) electrons. The minimum atomic E-state index is 0.292. The van der Waals surface area contributed by atoms with E-state index in [9.17, 15) is 4.79 Å². The van der Waals surface area contributed by atoms with E-state index >= 15 is 0 Å². The van der Waals surface area contributed by atoms with Gasteiger partial charge in [-0.1, -0.05) is 6.92 Å². The van der Waals surface area contributed by atoms with Gasteiger partial charge in [0.2, 0.25) is 5.91 Å². The van der Waals surface area contributed by atoms with Crippen molar-refractivity contribution in [3.05, 3.63) is 24.2 Å². The van der Waals surface area contributed by atoms with E-state index in [1.54, 1.807) is 6.26 Å². The number of hydrogen-bond acceptors (Lipinski definition) is 3. The van der Waals surface area contributed by atoms with Crippen LogP contribution in [0.5, 0.6) is 0 Å². The molecule has 1 saturated heterocycles. The monoisotopic (exact) mass is 276 g/mol. The Bertz CT molecular complexity index is 431. The number of piperidine rings is 1. The maximum Gasteiger partial charge on any atom is 0.225 e. The predicted molar refractivity (Wildman–Crippen MR) is 77.2 cm³/mol. The fraction of sp³-hybridized carbons (Fsp3) is 0.688. The largest absolute Gasteiger partial charge is 0.468 e. The summed E-state index contributed by atoms with van der Waals surface area (Å²) < 4.78 is 5.50. The summed E-state index contributed by atoms with van der Waals surface area (Å²) in [7, 11) is 0. The Morgan fingerprint density at radius 1 is 1.40 bits per heavy atom. The van der Waals surface area contributed by atoms with Gasteiger partial charge in [-0.3, -0.25) is 4.79 Å². The zero-order valence-corrected chi connectivity index (χ0v) is 12.2. The molecular weight excluding hydrogens is 252 g/mol. The molecule has 0 spiro atoms. The lowest BCUT2D eigenvalue weighted by atomic mass is 10.0. The first-order chi connectivity index (χ1) is 9.78. The van der Waals surface area contributed by atoms with Crippen LogP contribution in [0.1, 0.15) is 50.8 Å². The maximum absolute atomic E-state index is 12.0. The Labute approximate surface area is 120 Å². The Morgan fingerprint density at radius 2 is 2.15 bits per heavy atom. The summed E-state index contributed by atoms with van der Waals surface area (Å²) >= 11 is 0. The zero-order chi connectivity index (χ0) is 13.9. The lowest BCUT2D eigenvalue weighted by Crippen LogP contribution is -2.46. The second kappa shape index (κ2) is 6.00. The van der Waals surface area contributed by atoms with Crippen molar-refractivity contribution in [2.75, 3.05) is 13.1 Å². The molecule has 1 atom stereocenters. The van der Waals surface area contributed by atoms with Crippen LogP contribution in [0.4, 0.5) is 0 Å².